The Morgan fingerprint density at radius 1 is 1.48 bits per heavy atom. The molecular weight excluding hydrogens is 362 g/mol. The van der Waals surface area contributed by atoms with Gasteiger partial charge in [-0.2, -0.15) is 5.01 Å². The Morgan fingerprint density at radius 3 is 2.68 bits per heavy atom. The molecule has 0 aromatic heterocycles. The van der Waals surface area contributed by atoms with Gasteiger partial charge in [-0.25, -0.2) is 4.79 Å². The second-order valence-electron chi connectivity index (χ2n) is 5.50. The van der Waals surface area contributed by atoms with Gasteiger partial charge < -0.3 is 35.2 Å². The first kappa shape index (κ1) is 22.0. The van der Waals surface area contributed by atoms with E-state index in [1.54, 1.807) is 0 Å². The van der Waals surface area contributed by atoms with E-state index in [0.717, 1.165) is 6.42 Å². The first-order chi connectivity index (χ1) is 11.8. The Morgan fingerprint density at radius 2 is 2.16 bits per heavy atom. The van der Waals surface area contributed by atoms with Crippen molar-refractivity contribution >= 4 is 17.6 Å². The highest BCUT2D eigenvalue weighted by Crippen LogP contribution is 2.29. The number of halogens is 1. The highest BCUT2D eigenvalue weighted by molar-refractivity contribution is 6.18. The zero-order valence-electron chi connectivity index (χ0n) is 13.7. The molecule has 0 saturated carbocycles. The second-order valence-corrected chi connectivity index (χ2v) is 5.88. The van der Waals surface area contributed by atoms with Crippen molar-refractivity contribution in [3.05, 3.63) is 4.91 Å². The normalized spacial score (nSPS) is 32.2. The third kappa shape index (κ3) is 5.20. The molecule has 0 aromatic carbocycles. The lowest BCUT2D eigenvalue weighted by Crippen LogP contribution is -2.74. The van der Waals surface area contributed by atoms with E-state index in [1.807, 2.05) is 12.2 Å². The van der Waals surface area contributed by atoms with Crippen LogP contribution in [0.1, 0.15) is 19.8 Å². The fourth-order valence-corrected chi connectivity index (χ4v) is 2.39. The van der Waals surface area contributed by atoms with Crippen LogP contribution in [0.4, 0.5) is 4.79 Å². The Balaban J connectivity index is 2.99. The number of unbranched alkanes of at least 4 members (excludes halogenated alkanes) is 1. The third-order valence-electron chi connectivity index (χ3n) is 3.70. The summed E-state index contributed by atoms with van der Waals surface area (Å²) < 4.78 is 10.6. The molecule has 5 atom stereocenters. The molecule has 1 saturated heterocycles. The number of hydrogen-bond acceptors (Lipinski definition) is 9. The van der Waals surface area contributed by atoms with Crippen LogP contribution in [-0.4, -0.2) is 87.4 Å². The first-order valence-corrected chi connectivity index (χ1v) is 8.34. The molecule has 2 amide bonds. The minimum absolute atomic E-state index is 0.0950. The van der Waals surface area contributed by atoms with E-state index < -0.39 is 43.0 Å². The summed E-state index contributed by atoms with van der Waals surface area (Å²) >= 11 is 5.45. The number of aliphatic hydroxyl groups excluding tert-OH is 3. The number of nitroso groups, excluding NO2 is 1. The summed E-state index contributed by atoms with van der Waals surface area (Å²) in [5.41, 5.74) is -2.58. The number of carbonyl (C=O) groups is 1. The summed E-state index contributed by atoms with van der Waals surface area (Å²) in [4.78, 5) is 22.8. The number of urea groups is 1. The van der Waals surface area contributed by atoms with Crippen molar-refractivity contribution in [3.8, 4) is 0 Å². The fourth-order valence-electron chi connectivity index (χ4n) is 2.23. The van der Waals surface area contributed by atoms with E-state index in [0.29, 0.717) is 11.4 Å². The zero-order valence-corrected chi connectivity index (χ0v) is 14.5. The molecule has 0 spiro atoms. The molecule has 0 unspecified atom stereocenters. The summed E-state index contributed by atoms with van der Waals surface area (Å²) in [5, 5.41) is 44.9. The summed E-state index contributed by atoms with van der Waals surface area (Å²) in [6, 6.07) is -1.17. The predicted molar refractivity (Wildman–Crippen MR) is 85.3 cm³/mol. The van der Waals surface area contributed by atoms with Gasteiger partial charge in [0.1, 0.15) is 18.3 Å². The first-order valence-electron chi connectivity index (χ1n) is 7.81. The molecule has 12 heteroatoms. The van der Waals surface area contributed by atoms with E-state index in [4.69, 9.17) is 21.1 Å². The maximum absolute atomic E-state index is 12.1. The smallest absolute Gasteiger partial charge is 0.342 e. The highest BCUT2D eigenvalue weighted by atomic mass is 35.5. The van der Waals surface area contributed by atoms with Gasteiger partial charge in [0.15, 0.2) is 0 Å². The molecule has 0 bridgehead atoms. The van der Waals surface area contributed by atoms with Gasteiger partial charge in [-0.3, -0.25) is 0 Å². The molecule has 1 rings (SSSR count). The number of nitrogens with one attached hydrogen (secondary N) is 1. The number of rotatable bonds is 9. The Bertz CT molecular complexity index is 445. The van der Waals surface area contributed by atoms with Crippen LogP contribution in [0.25, 0.3) is 0 Å². The van der Waals surface area contributed by atoms with Gasteiger partial charge in [-0.15, -0.1) is 16.5 Å². The van der Waals surface area contributed by atoms with Crippen molar-refractivity contribution in [1.29, 1.82) is 0 Å². The van der Waals surface area contributed by atoms with E-state index in [9.17, 15) is 30.1 Å². The molecule has 1 aliphatic rings. The van der Waals surface area contributed by atoms with Crippen LogP contribution >= 0.6 is 11.6 Å². The van der Waals surface area contributed by atoms with E-state index in [2.05, 4.69) is 5.29 Å². The van der Waals surface area contributed by atoms with Gasteiger partial charge in [0.25, 0.3) is 0 Å². The number of carbonyl (C=O) groups excluding carboxylic acids is 1. The predicted octanol–water partition coefficient (Wildman–Crippen LogP) is -1.14. The van der Waals surface area contributed by atoms with Crippen molar-refractivity contribution < 1.29 is 34.7 Å². The largest absolute Gasteiger partial charge is 0.394 e. The molecule has 0 aromatic rings. The average molecular weight is 386 g/mol. The number of nitrogens with zero attached hydrogens (tertiary/aromatic N) is 2. The quantitative estimate of drug-likeness (QED) is 0.109. The molecule has 0 aliphatic carbocycles. The van der Waals surface area contributed by atoms with Gasteiger partial charge in [0.2, 0.25) is 12.0 Å². The van der Waals surface area contributed by atoms with E-state index in [-0.39, 0.29) is 19.0 Å². The number of amides is 2. The van der Waals surface area contributed by atoms with Crippen LogP contribution in [0.15, 0.2) is 5.29 Å². The minimum atomic E-state index is -2.58. The van der Waals surface area contributed by atoms with Crippen molar-refractivity contribution in [2.24, 2.45) is 5.29 Å². The fraction of sp³-hybridized carbons (Fsp3) is 0.923. The van der Waals surface area contributed by atoms with E-state index in [1.165, 1.54) is 0 Å². The van der Waals surface area contributed by atoms with Crippen LogP contribution in [-0.2, 0) is 9.47 Å². The van der Waals surface area contributed by atoms with Gasteiger partial charge in [0.05, 0.1) is 18.4 Å². The molecular formula is C13H24ClN3O8. The lowest BCUT2D eigenvalue weighted by Gasteiger charge is -2.47. The van der Waals surface area contributed by atoms with Gasteiger partial charge >= 0.3 is 6.03 Å². The monoisotopic (exact) mass is 385 g/mol. The molecule has 1 heterocycles. The van der Waals surface area contributed by atoms with Crippen molar-refractivity contribution in [3.63, 3.8) is 0 Å². The van der Waals surface area contributed by atoms with Gasteiger partial charge in [-0.1, -0.05) is 13.3 Å². The third-order valence-corrected chi connectivity index (χ3v) is 3.87. The van der Waals surface area contributed by atoms with Crippen LogP contribution < -0.4 is 5.32 Å². The standard InChI is InChI=1S/C13H24ClN3O8/c1-2-3-6-24-11-13(22,10(20)9(19)8(7-18)25-11)15-12(21)17(16-23)5-4-14/h8-11,18-20,22H,2-7H2,1H3,(H,15,21)/t8-,9-,10+,11+,13+/m1/s1. The van der Waals surface area contributed by atoms with Gasteiger partial charge in [-0.05, 0) is 6.42 Å². The Hall–Kier alpha value is -1.08. The summed E-state index contributed by atoms with van der Waals surface area (Å²) in [6.07, 6.45) is -5.14. The topological polar surface area (TPSA) is 161 Å². The Kier molecular flexibility index (Phi) is 8.93. The molecule has 25 heavy (non-hydrogen) atoms. The number of alkyl halides is 1. The van der Waals surface area contributed by atoms with Crippen molar-refractivity contribution in [1.82, 2.24) is 10.3 Å². The van der Waals surface area contributed by atoms with Crippen molar-refractivity contribution in [2.75, 3.05) is 25.6 Å². The number of hydrogen-bond donors (Lipinski definition) is 5. The van der Waals surface area contributed by atoms with Gasteiger partial charge in [0, 0.05) is 12.5 Å². The van der Waals surface area contributed by atoms with E-state index >= 15 is 0 Å². The summed E-state index contributed by atoms with van der Waals surface area (Å²) in [7, 11) is 0. The molecule has 146 valence electrons. The van der Waals surface area contributed by atoms with Crippen LogP contribution in [0.2, 0.25) is 0 Å². The molecule has 1 fully saturated rings. The molecule has 0 radical (unpaired) electrons. The average Bonchev–Trinajstić information content (AvgIpc) is 2.59. The zero-order chi connectivity index (χ0) is 19.0. The Labute approximate surface area is 149 Å². The summed E-state index contributed by atoms with van der Waals surface area (Å²) in [6.45, 7) is 1.13. The highest BCUT2D eigenvalue weighted by Gasteiger charge is 2.57. The van der Waals surface area contributed by atoms with Crippen LogP contribution in [0, 0.1) is 4.91 Å². The van der Waals surface area contributed by atoms with Crippen molar-refractivity contribution in [2.45, 2.75) is 50.1 Å². The number of aliphatic hydroxyl groups is 4. The maximum atomic E-state index is 12.1. The van der Waals surface area contributed by atoms with Crippen LogP contribution in [0.3, 0.4) is 0 Å². The lowest BCUT2D eigenvalue weighted by atomic mass is 9.93. The summed E-state index contributed by atoms with van der Waals surface area (Å²) in [5.74, 6) is -0.0950. The lowest BCUT2D eigenvalue weighted by molar-refractivity contribution is -0.347. The molecule has 5 N–H and O–H groups in total. The molecule has 1 aliphatic heterocycles. The van der Waals surface area contributed by atoms with Crippen LogP contribution in [0.5, 0.6) is 0 Å². The molecule has 11 nitrogen and oxygen atoms in total. The minimum Gasteiger partial charge on any atom is -0.394 e. The maximum Gasteiger partial charge on any atom is 0.342 e. The SMILES string of the molecule is CCCCO[C@H]1O[C@H](CO)[C@@H](O)[C@H](O)[C@@]1(O)NC(=O)N(CCCl)N=O. The number of ether oxygens (including phenoxy) is 2. The second kappa shape index (κ2) is 10.2.